The number of nitrogens with one attached hydrogen (secondary N) is 1. The van der Waals surface area contributed by atoms with Gasteiger partial charge in [0.05, 0.1) is 12.1 Å². The predicted octanol–water partition coefficient (Wildman–Crippen LogP) is 3.82. The molecule has 40 heavy (non-hydrogen) atoms. The summed E-state index contributed by atoms with van der Waals surface area (Å²) in [6, 6.07) is 19.3. The fraction of sp³-hybridized carbons (Fsp3) is 0.276. The van der Waals surface area contributed by atoms with Gasteiger partial charge in [0.15, 0.2) is 0 Å². The molecule has 0 radical (unpaired) electrons. The number of aromatic carboxylic acids is 1. The average Bonchev–Trinajstić information content (AvgIpc) is 3.33. The number of carbonyl (C=O) groups is 2. The van der Waals surface area contributed by atoms with Gasteiger partial charge < -0.3 is 19.7 Å². The van der Waals surface area contributed by atoms with Crippen molar-refractivity contribution in [3.8, 4) is 0 Å². The minimum Gasteiger partial charge on any atom is -0.478 e. The topological polar surface area (TPSA) is 127 Å². The van der Waals surface area contributed by atoms with Crippen LogP contribution in [0.15, 0.2) is 82.2 Å². The number of fused-ring (bicyclic) bond motifs is 1. The van der Waals surface area contributed by atoms with E-state index in [0.717, 1.165) is 21.2 Å². The van der Waals surface area contributed by atoms with Gasteiger partial charge in [0.2, 0.25) is 10.7 Å². The number of sulfonamides is 1. The zero-order valence-corrected chi connectivity index (χ0v) is 23.3. The largest absolute Gasteiger partial charge is 0.478 e. The highest BCUT2D eigenvalue weighted by atomic mass is 32.2. The van der Waals surface area contributed by atoms with Crippen LogP contribution in [0.2, 0.25) is 0 Å². The Labute approximate surface area is 235 Å². The van der Waals surface area contributed by atoms with Crippen LogP contribution in [-0.4, -0.2) is 49.7 Å². The molecule has 2 heterocycles. The zero-order chi connectivity index (χ0) is 28.1. The predicted molar refractivity (Wildman–Crippen MR) is 152 cm³/mol. The summed E-state index contributed by atoms with van der Waals surface area (Å²) in [7, 11) is -4.33. The highest BCUT2D eigenvalue weighted by molar-refractivity contribution is 7.90. The lowest BCUT2D eigenvalue weighted by Gasteiger charge is -2.21. The van der Waals surface area contributed by atoms with Crippen molar-refractivity contribution in [2.24, 2.45) is 10.3 Å². The molecule has 1 aliphatic rings. The SMILES string of the molecule is O=C(O)c1ccccc1S(=O)(=O)N=c1sc(CCNC(=O)C2CCOCC2)cn1Cc1cccc2ccccc12. The van der Waals surface area contributed by atoms with Gasteiger partial charge >= 0.3 is 5.97 Å². The number of rotatable bonds is 9. The Morgan fingerprint density at radius 2 is 1.75 bits per heavy atom. The maximum absolute atomic E-state index is 13.3. The second-order valence-corrected chi connectivity index (χ2v) is 12.2. The minimum absolute atomic E-state index is 0.00116. The van der Waals surface area contributed by atoms with Gasteiger partial charge in [-0.2, -0.15) is 8.42 Å². The Morgan fingerprint density at radius 3 is 2.55 bits per heavy atom. The lowest BCUT2D eigenvalue weighted by molar-refractivity contribution is -0.127. The van der Waals surface area contributed by atoms with E-state index in [9.17, 15) is 23.1 Å². The van der Waals surface area contributed by atoms with Crippen molar-refractivity contribution in [1.82, 2.24) is 9.88 Å². The molecule has 208 valence electrons. The number of benzene rings is 3. The van der Waals surface area contributed by atoms with E-state index in [1.165, 1.54) is 35.6 Å². The molecule has 1 saturated heterocycles. The summed E-state index contributed by atoms with van der Waals surface area (Å²) < 4.78 is 37.9. The quantitative estimate of drug-likeness (QED) is 0.310. The molecule has 1 amide bonds. The number of hydrogen-bond donors (Lipinski definition) is 2. The summed E-state index contributed by atoms with van der Waals surface area (Å²) in [5.74, 6) is -1.40. The third-order valence-corrected chi connectivity index (χ3v) is 9.37. The number of carboxylic acid groups (broad SMARTS) is 1. The Hall–Kier alpha value is -3.80. The highest BCUT2D eigenvalue weighted by Gasteiger charge is 2.23. The van der Waals surface area contributed by atoms with Crippen molar-refractivity contribution in [1.29, 1.82) is 0 Å². The van der Waals surface area contributed by atoms with Crippen LogP contribution in [-0.2, 0) is 32.5 Å². The molecule has 0 unspecified atom stereocenters. The molecule has 0 saturated carbocycles. The molecule has 4 aromatic rings. The van der Waals surface area contributed by atoms with Crippen molar-refractivity contribution < 1.29 is 27.9 Å². The highest BCUT2D eigenvalue weighted by Crippen LogP contribution is 2.21. The van der Waals surface area contributed by atoms with E-state index >= 15 is 0 Å². The molecule has 0 aliphatic carbocycles. The number of ether oxygens (including phenoxy) is 1. The summed E-state index contributed by atoms with van der Waals surface area (Å²) in [5.41, 5.74) is 0.652. The number of carbonyl (C=O) groups excluding carboxylic acids is 1. The summed E-state index contributed by atoms with van der Waals surface area (Å²) in [6.45, 7) is 1.93. The first-order valence-electron chi connectivity index (χ1n) is 13.0. The maximum atomic E-state index is 13.3. The van der Waals surface area contributed by atoms with E-state index in [1.807, 2.05) is 48.7 Å². The second kappa shape index (κ2) is 12.2. The normalized spacial score (nSPS) is 14.8. The Bertz CT molecular complexity index is 1710. The minimum atomic E-state index is -4.33. The van der Waals surface area contributed by atoms with E-state index in [0.29, 0.717) is 45.6 Å². The van der Waals surface area contributed by atoms with Crippen molar-refractivity contribution >= 4 is 44.0 Å². The van der Waals surface area contributed by atoms with E-state index in [4.69, 9.17) is 4.74 Å². The van der Waals surface area contributed by atoms with Gasteiger partial charge in [-0.05, 0) is 41.3 Å². The molecule has 1 aliphatic heterocycles. The molecular weight excluding hydrogens is 550 g/mol. The summed E-state index contributed by atoms with van der Waals surface area (Å²) in [4.78, 5) is 24.9. The molecular formula is C29H29N3O6S2. The van der Waals surface area contributed by atoms with Gasteiger partial charge in [0.1, 0.15) is 4.90 Å². The number of hydrogen-bond acceptors (Lipinski definition) is 6. The average molecular weight is 580 g/mol. The number of carboxylic acids is 1. The van der Waals surface area contributed by atoms with Crippen LogP contribution in [0.1, 0.15) is 33.6 Å². The van der Waals surface area contributed by atoms with Crippen LogP contribution >= 0.6 is 11.3 Å². The Morgan fingerprint density at radius 1 is 1.02 bits per heavy atom. The molecule has 2 N–H and O–H groups in total. The van der Waals surface area contributed by atoms with Crippen LogP contribution in [0.3, 0.4) is 0 Å². The van der Waals surface area contributed by atoms with Crippen molar-refractivity contribution in [3.63, 3.8) is 0 Å². The summed E-state index contributed by atoms with van der Waals surface area (Å²) >= 11 is 1.21. The molecule has 3 aromatic carbocycles. The first-order chi connectivity index (χ1) is 19.3. The number of amides is 1. The molecule has 0 bridgehead atoms. The summed E-state index contributed by atoms with van der Waals surface area (Å²) in [5, 5.41) is 14.6. The van der Waals surface area contributed by atoms with Crippen molar-refractivity contribution in [2.45, 2.75) is 30.7 Å². The monoisotopic (exact) mass is 579 g/mol. The fourth-order valence-corrected chi connectivity index (χ4v) is 7.17. The van der Waals surface area contributed by atoms with E-state index in [2.05, 4.69) is 9.71 Å². The lowest BCUT2D eigenvalue weighted by atomic mass is 9.99. The van der Waals surface area contributed by atoms with Crippen molar-refractivity contribution in [3.05, 3.63) is 93.7 Å². The number of aromatic nitrogens is 1. The second-order valence-electron chi connectivity index (χ2n) is 9.54. The number of thiazole rings is 1. The van der Waals surface area contributed by atoms with Gasteiger partial charge in [-0.25, -0.2) is 4.79 Å². The Balaban J connectivity index is 1.48. The smallest absolute Gasteiger partial charge is 0.337 e. The van der Waals surface area contributed by atoms with Gasteiger partial charge in [0.25, 0.3) is 10.0 Å². The molecule has 9 nitrogen and oxygen atoms in total. The van der Waals surface area contributed by atoms with Crippen LogP contribution in [0.4, 0.5) is 0 Å². The maximum Gasteiger partial charge on any atom is 0.337 e. The van der Waals surface area contributed by atoms with Gasteiger partial charge in [-0.15, -0.1) is 15.7 Å². The van der Waals surface area contributed by atoms with Crippen LogP contribution in [0.5, 0.6) is 0 Å². The fourth-order valence-electron chi connectivity index (χ4n) is 4.78. The van der Waals surface area contributed by atoms with Gasteiger partial charge in [-0.1, -0.05) is 54.6 Å². The zero-order valence-electron chi connectivity index (χ0n) is 21.7. The lowest BCUT2D eigenvalue weighted by Crippen LogP contribution is -2.35. The third kappa shape index (κ3) is 6.33. The molecule has 0 spiro atoms. The molecule has 0 atom stereocenters. The number of nitrogens with zero attached hydrogens (tertiary/aromatic N) is 2. The van der Waals surface area contributed by atoms with E-state index < -0.39 is 16.0 Å². The van der Waals surface area contributed by atoms with Gasteiger partial charge in [-0.3, -0.25) is 4.79 Å². The van der Waals surface area contributed by atoms with E-state index in [1.54, 1.807) is 4.57 Å². The molecule has 1 aromatic heterocycles. The molecule has 5 rings (SSSR count). The van der Waals surface area contributed by atoms with Gasteiger partial charge in [0, 0.05) is 43.2 Å². The third-order valence-electron chi connectivity index (χ3n) is 6.84. The summed E-state index contributed by atoms with van der Waals surface area (Å²) in [6.07, 6.45) is 3.75. The van der Waals surface area contributed by atoms with Crippen LogP contribution in [0.25, 0.3) is 10.8 Å². The van der Waals surface area contributed by atoms with Crippen LogP contribution < -0.4 is 10.1 Å². The Kier molecular flexibility index (Phi) is 8.43. The van der Waals surface area contributed by atoms with Crippen molar-refractivity contribution in [2.75, 3.05) is 19.8 Å². The van der Waals surface area contributed by atoms with Crippen LogP contribution in [0, 0.1) is 5.92 Å². The first kappa shape index (κ1) is 27.8. The molecule has 1 fully saturated rings. The first-order valence-corrected chi connectivity index (χ1v) is 15.2. The standard InChI is InChI=1S/C29H29N3O6S2/c33-27(21-13-16-38-17-14-21)30-15-12-23-19-32(18-22-8-5-7-20-6-1-2-9-24(20)22)29(39-23)31-40(36,37)26-11-4-3-10-25(26)28(34)35/h1-11,19,21H,12-18H2,(H,30,33)(H,34,35). The molecule has 11 heteroatoms. The van der Waals surface area contributed by atoms with E-state index in [-0.39, 0.29) is 27.1 Å².